The normalized spacial score (nSPS) is 20.9. The highest BCUT2D eigenvalue weighted by Gasteiger charge is 2.28. The average molecular weight is 304 g/mol. The second-order valence-electron chi connectivity index (χ2n) is 5.81. The Bertz CT molecular complexity index is 588. The van der Waals surface area contributed by atoms with Crippen molar-refractivity contribution in [1.82, 2.24) is 10.2 Å². The quantitative estimate of drug-likeness (QED) is 0.862. The highest BCUT2D eigenvalue weighted by atomic mass is 16.5. The van der Waals surface area contributed by atoms with Crippen LogP contribution >= 0.6 is 0 Å². The van der Waals surface area contributed by atoms with E-state index in [1.54, 1.807) is 11.0 Å². The molecule has 1 aromatic carbocycles. The maximum Gasteiger partial charge on any atom is 0.303 e. The lowest BCUT2D eigenvalue weighted by molar-refractivity contribution is -0.138. The molecule has 6 nitrogen and oxygen atoms in total. The van der Waals surface area contributed by atoms with Crippen LogP contribution in [0.1, 0.15) is 22.3 Å². The van der Waals surface area contributed by atoms with Crippen molar-refractivity contribution < 1.29 is 19.4 Å². The fourth-order valence-electron chi connectivity index (χ4n) is 3.11. The third-order valence-electron chi connectivity index (χ3n) is 4.17. The molecule has 22 heavy (non-hydrogen) atoms. The Hall–Kier alpha value is -2.08. The van der Waals surface area contributed by atoms with Gasteiger partial charge in [-0.3, -0.25) is 9.59 Å². The van der Waals surface area contributed by atoms with Crippen LogP contribution in [0.25, 0.3) is 0 Å². The number of aliphatic carboxylic acids is 1. The van der Waals surface area contributed by atoms with Crippen molar-refractivity contribution in [2.75, 3.05) is 32.8 Å². The zero-order valence-corrected chi connectivity index (χ0v) is 12.4. The van der Waals surface area contributed by atoms with Crippen LogP contribution in [0.3, 0.4) is 0 Å². The summed E-state index contributed by atoms with van der Waals surface area (Å²) in [6.45, 7) is 2.96. The Morgan fingerprint density at radius 2 is 2.27 bits per heavy atom. The van der Waals surface area contributed by atoms with E-state index in [4.69, 9.17) is 9.84 Å². The van der Waals surface area contributed by atoms with Gasteiger partial charge >= 0.3 is 5.97 Å². The van der Waals surface area contributed by atoms with Crippen LogP contribution in [0.5, 0.6) is 5.75 Å². The Balaban J connectivity index is 1.79. The molecule has 1 fully saturated rings. The van der Waals surface area contributed by atoms with Crippen LogP contribution in [0.4, 0.5) is 0 Å². The molecule has 2 heterocycles. The Morgan fingerprint density at radius 1 is 1.41 bits per heavy atom. The van der Waals surface area contributed by atoms with Gasteiger partial charge in [-0.05, 0) is 17.5 Å². The second kappa shape index (κ2) is 6.36. The molecular formula is C16H20N2O4. The number of fused-ring (bicyclic) bond motifs is 1. The van der Waals surface area contributed by atoms with Crippen molar-refractivity contribution in [3.05, 3.63) is 29.3 Å². The van der Waals surface area contributed by atoms with Crippen LogP contribution in [0, 0.1) is 5.92 Å². The molecule has 1 saturated heterocycles. The van der Waals surface area contributed by atoms with Crippen LogP contribution in [0.15, 0.2) is 18.2 Å². The van der Waals surface area contributed by atoms with E-state index in [1.165, 1.54) is 0 Å². The van der Waals surface area contributed by atoms with Crippen molar-refractivity contribution in [2.24, 2.45) is 5.92 Å². The SMILES string of the molecule is O=C(O)C[C@@H]1CNCCN(C(=O)c2cccc3c2OCC3)C1. The summed E-state index contributed by atoms with van der Waals surface area (Å²) in [6.07, 6.45) is 0.903. The maximum atomic E-state index is 12.8. The van der Waals surface area contributed by atoms with Crippen molar-refractivity contribution in [2.45, 2.75) is 12.8 Å². The number of benzene rings is 1. The van der Waals surface area contributed by atoms with Crippen molar-refractivity contribution >= 4 is 11.9 Å². The number of carbonyl (C=O) groups excluding carboxylic acids is 1. The second-order valence-corrected chi connectivity index (χ2v) is 5.81. The van der Waals surface area contributed by atoms with Crippen molar-refractivity contribution in [1.29, 1.82) is 0 Å². The Labute approximate surface area is 129 Å². The summed E-state index contributed by atoms with van der Waals surface area (Å²) in [5.41, 5.74) is 1.66. The van der Waals surface area contributed by atoms with Gasteiger partial charge in [-0.15, -0.1) is 0 Å². The first-order valence-electron chi connectivity index (χ1n) is 7.61. The van der Waals surface area contributed by atoms with Gasteiger partial charge in [0.2, 0.25) is 0 Å². The first-order valence-corrected chi connectivity index (χ1v) is 7.61. The first-order chi connectivity index (χ1) is 10.6. The third kappa shape index (κ3) is 3.06. The number of ether oxygens (including phenoxy) is 1. The fourth-order valence-corrected chi connectivity index (χ4v) is 3.11. The van der Waals surface area contributed by atoms with Gasteiger partial charge in [0, 0.05) is 32.6 Å². The van der Waals surface area contributed by atoms with E-state index in [1.807, 2.05) is 12.1 Å². The lowest BCUT2D eigenvalue weighted by Gasteiger charge is -2.24. The van der Waals surface area contributed by atoms with E-state index in [-0.39, 0.29) is 18.2 Å². The van der Waals surface area contributed by atoms with Gasteiger partial charge in [0.25, 0.3) is 5.91 Å². The van der Waals surface area contributed by atoms with E-state index in [0.29, 0.717) is 44.1 Å². The molecular weight excluding hydrogens is 284 g/mol. The number of amides is 1. The predicted molar refractivity (Wildman–Crippen MR) is 80.2 cm³/mol. The zero-order valence-electron chi connectivity index (χ0n) is 12.4. The van der Waals surface area contributed by atoms with Crippen molar-refractivity contribution in [3.8, 4) is 5.75 Å². The maximum absolute atomic E-state index is 12.8. The number of hydrogen-bond acceptors (Lipinski definition) is 4. The molecule has 0 radical (unpaired) electrons. The highest BCUT2D eigenvalue weighted by Crippen LogP contribution is 2.30. The summed E-state index contributed by atoms with van der Waals surface area (Å²) in [5.74, 6) is -0.274. The number of carbonyl (C=O) groups is 2. The molecule has 2 aliphatic rings. The van der Waals surface area contributed by atoms with Gasteiger partial charge in [0.15, 0.2) is 0 Å². The number of nitrogens with zero attached hydrogens (tertiary/aromatic N) is 1. The molecule has 0 spiro atoms. The number of rotatable bonds is 3. The zero-order chi connectivity index (χ0) is 15.5. The Morgan fingerprint density at radius 3 is 3.09 bits per heavy atom. The summed E-state index contributed by atoms with van der Waals surface area (Å²) in [7, 11) is 0. The molecule has 0 aromatic heterocycles. The molecule has 118 valence electrons. The number of hydrogen-bond donors (Lipinski definition) is 2. The standard InChI is InChI=1S/C16H20N2O4/c19-14(20)8-11-9-17-5-6-18(10-11)16(21)13-3-1-2-12-4-7-22-15(12)13/h1-3,11,17H,4-10H2,(H,19,20)/t11-/m1/s1. The molecule has 0 saturated carbocycles. The van der Waals surface area contributed by atoms with E-state index < -0.39 is 5.97 Å². The van der Waals surface area contributed by atoms with Gasteiger partial charge in [-0.1, -0.05) is 12.1 Å². The highest BCUT2D eigenvalue weighted by molar-refractivity contribution is 5.97. The summed E-state index contributed by atoms with van der Waals surface area (Å²) in [4.78, 5) is 25.5. The topological polar surface area (TPSA) is 78.9 Å². The number of carboxylic acids is 1. The molecule has 0 aliphatic carbocycles. The Kier molecular flexibility index (Phi) is 4.29. The molecule has 2 aliphatic heterocycles. The molecule has 6 heteroatoms. The largest absolute Gasteiger partial charge is 0.492 e. The third-order valence-corrected chi connectivity index (χ3v) is 4.17. The molecule has 1 amide bonds. The average Bonchev–Trinajstić information content (AvgIpc) is 2.86. The molecule has 1 aromatic rings. The molecule has 0 unspecified atom stereocenters. The summed E-state index contributed by atoms with van der Waals surface area (Å²) >= 11 is 0. The number of carboxylic acid groups (broad SMARTS) is 1. The van der Waals surface area contributed by atoms with Crippen LogP contribution in [-0.2, 0) is 11.2 Å². The van der Waals surface area contributed by atoms with E-state index in [2.05, 4.69) is 5.32 Å². The molecule has 0 bridgehead atoms. The van der Waals surface area contributed by atoms with E-state index in [0.717, 1.165) is 12.0 Å². The van der Waals surface area contributed by atoms with Gasteiger partial charge in [0.1, 0.15) is 5.75 Å². The van der Waals surface area contributed by atoms with Crippen LogP contribution in [-0.4, -0.2) is 54.7 Å². The minimum Gasteiger partial charge on any atom is -0.492 e. The molecule has 3 rings (SSSR count). The monoisotopic (exact) mass is 304 g/mol. The van der Waals surface area contributed by atoms with Crippen molar-refractivity contribution in [3.63, 3.8) is 0 Å². The minimum atomic E-state index is -0.829. The van der Waals surface area contributed by atoms with Crippen LogP contribution in [0.2, 0.25) is 0 Å². The summed E-state index contributed by atoms with van der Waals surface area (Å²) < 4.78 is 5.61. The summed E-state index contributed by atoms with van der Waals surface area (Å²) in [5, 5.41) is 12.2. The lowest BCUT2D eigenvalue weighted by atomic mass is 10.0. The molecule has 1 atom stereocenters. The summed E-state index contributed by atoms with van der Waals surface area (Å²) in [6, 6.07) is 5.65. The van der Waals surface area contributed by atoms with Gasteiger partial charge in [0.05, 0.1) is 18.6 Å². The first kappa shape index (κ1) is 14.8. The number of para-hydroxylation sites is 1. The van der Waals surface area contributed by atoms with E-state index >= 15 is 0 Å². The van der Waals surface area contributed by atoms with E-state index in [9.17, 15) is 9.59 Å². The lowest BCUT2D eigenvalue weighted by Crippen LogP contribution is -2.36. The van der Waals surface area contributed by atoms with Gasteiger partial charge in [-0.2, -0.15) is 0 Å². The predicted octanol–water partition coefficient (Wildman–Crippen LogP) is 0.758. The van der Waals surface area contributed by atoms with Crippen LogP contribution < -0.4 is 10.1 Å². The minimum absolute atomic E-state index is 0.0679. The fraction of sp³-hybridized carbons (Fsp3) is 0.500. The smallest absolute Gasteiger partial charge is 0.303 e. The van der Waals surface area contributed by atoms with Gasteiger partial charge in [-0.25, -0.2) is 0 Å². The number of nitrogens with one attached hydrogen (secondary N) is 1. The van der Waals surface area contributed by atoms with Gasteiger partial charge < -0.3 is 20.1 Å². The molecule has 2 N–H and O–H groups in total.